The van der Waals surface area contributed by atoms with Crippen molar-refractivity contribution in [2.24, 2.45) is 17.4 Å². The molecule has 0 bridgehead atoms. The van der Waals surface area contributed by atoms with Crippen LogP contribution in [0, 0.1) is 5.92 Å². The van der Waals surface area contributed by atoms with Gasteiger partial charge in [-0.1, -0.05) is 19.3 Å². The van der Waals surface area contributed by atoms with Crippen LogP contribution in [-0.2, 0) is 9.59 Å². The Morgan fingerprint density at radius 2 is 1.79 bits per heavy atom. The number of rotatable bonds is 2. The van der Waals surface area contributed by atoms with E-state index in [1.54, 1.807) is 4.90 Å². The Kier molecular flexibility index (Phi) is 4.13. The van der Waals surface area contributed by atoms with Gasteiger partial charge < -0.3 is 16.4 Å². The zero-order valence-electron chi connectivity index (χ0n) is 11.7. The topological polar surface area (TPSA) is 89.4 Å². The van der Waals surface area contributed by atoms with Crippen molar-refractivity contribution >= 4 is 11.8 Å². The molecule has 2 rings (SSSR count). The van der Waals surface area contributed by atoms with E-state index < -0.39 is 5.54 Å². The van der Waals surface area contributed by atoms with Gasteiger partial charge in [-0.3, -0.25) is 9.59 Å². The van der Waals surface area contributed by atoms with Crippen molar-refractivity contribution in [3.63, 3.8) is 0 Å². The van der Waals surface area contributed by atoms with E-state index in [0.717, 1.165) is 44.9 Å². The highest BCUT2D eigenvalue weighted by Gasteiger charge is 2.42. The lowest BCUT2D eigenvalue weighted by atomic mass is 9.80. The molecule has 0 aromatic rings. The van der Waals surface area contributed by atoms with Crippen molar-refractivity contribution in [3.05, 3.63) is 0 Å². The van der Waals surface area contributed by atoms with E-state index in [0.29, 0.717) is 6.54 Å². The maximum atomic E-state index is 12.7. The molecule has 2 amide bonds. The Morgan fingerprint density at radius 1 is 1.16 bits per heavy atom. The van der Waals surface area contributed by atoms with Gasteiger partial charge in [-0.2, -0.15) is 0 Å². The summed E-state index contributed by atoms with van der Waals surface area (Å²) in [6.45, 7) is 2.47. The van der Waals surface area contributed by atoms with Crippen LogP contribution in [0.1, 0.15) is 51.9 Å². The quantitative estimate of drug-likeness (QED) is 0.774. The Morgan fingerprint density at radius 3 is 2.37 bits per heavy atom. The molecular formula is C14H25N3O2. The summed E-state index contributed by atoms with van der Waals surface area (Å²) in [5, 5.41) is 0. The lowest BCUT2D eigenvalue weighted by molar-refractivity contribution is -0.144. The molecule has 1 saturated carbocycles. The number of likely N-dealkylation sites (tertiary alicyclic amines) is 1. The van der Waals surface area contributed by atoms with Crippen LogP contribution in [0.5, 0.6) is 0 Å². The molecule has 1 saturated heterocycles. The molecule has 4 N–H and O–H groups in total. The molecule has 2 atom stereocenters. The number of hydrogen-bond donors (Lipinski definition) is 2. The molecule has 5 nitrogen and oxygen atoms in total. The first-order valence-corrected chi connectivity index (χ1v) is 7.33. The van der Waals surface area contributed by atoms with Gasteiger partial charge in [0.25, 0.3) is 0 Å². The fraction of sp³-hybridized carbons (Fsp3) is 0.857. The Balaban J connectivity index is 2.09. The third-order valence-corrected chi connectivity index (χ3v) is 4.72. The van der Waals surface area contributed by atoms with E-state index in [2.05, 4.69) is 0 Å². The summed E-state index contributed by atoms with van der Waals surface area (Å²) in [6.07, 6.45) is 6.32. The molecule has 1 aliphatic carbocycles. The zero-order valence-corrected chi connectivity index (χ0v) is 11.7. The van der Waals surface area contributed by atoms with Gasteiger partial charge in [0.1, 0.15) is 0 Å². The van der Waals surface area contributed by atoms with Gasteiger partial charge in [0.2, 0.25) is 11.8 Å². The average Bonchev–Trinajstić information content (AvgIpc) is 2.39. The third-order valence-electron chi connectivity index (χ3n) is 4.72. The van der Waals surface area contributed by atoms with Crippen molar-refractivity contribution in [1.82, 2.24) is 4.90 Å². The van der Waals surface area contributed by atoms with Crippen LogP contribution in [-0.4, -0.2) is 34.8 Å². The first-order valence-electron chi connectivity index (χ1n) is 7.33. The van der Waals surface area contributed by atoms with Gasteiger partial charge in [-0.15, -0.1) is 0 Å². The summed E-state index contributed by atoms with van der Waals surface area (Å²) in [6, 6.07) is 0.158. The smallest absolute Gasteiger partial charge is 0.242 e. The van der Waals surface area contributed by atoms with Crippen molar-refractivity contribution < 1.29 is 9.59 Å². The summed E-state index contributed by atoms with van der Waals surface area (Å²) >= 11 is 0. The van der Waals surface area contributed by atoms with Crippen molar-refractivity contribution in [3.8, 4) is 0 Å². The summed E-state index contributed by atoms with van der Waals surface area (Å²) in [7, 11) is 0. The molecule has 2 unspecified atom stereocenters. The standard InChI is InChI=1S/C14H25N3O2/c1-10-5-6-11(12(15)18)9-17(10)13(19)14(16)7-3-2-4-8-14/h10-11H,2-9,16H2,1H3,(H2,15,18). The minimum absolute atomic E-state index is 0.0191. The number of carbonyl (C=O) groups is 2. The van der Waals surface area contributed by atoms with Gasteiger partial charge in [0, 0.05) is 12.6 Å². The molecule has 2 aliphatic rings. The van der Waals surface area contributed by atoms with Crippen molar-refractivity contribution in [2.75, 3.05) is 6.54 Å². The fourth-order valence-corrected chi connectivity index (χ4v) is 3.30. The molecule has 2 fully saturated rings. The normalized spacial score (nSPS) is 30.9. The van der Waals surface area contributed by atoms with Crippen LogP contribution < -0.4 is 11.5 Å². The Labute approximate surface area is 114 Å². The van der Waals surface area contributed by atoms with Crippen LogP contribution in [0.4, 0.5) is 0 Å². The van der Waals surface area contributed by atoms with E-state index >= 15 is 0 Å². The molecule has 1 heterocycles. The Bertz CT molecular complexity index is 364. The maximum absolute atomic E-state index is 12.7. The number of carbonyl (C=O) groups excluding carboxylic acids is 2. The maximum Gasteiger partial charge on any atom is 0.242 e. The number of amides is 2. The van der Waals surface area contributed by atoms with Crippen LogP contribution in [0.15, 0.2) is 0 Å². The minimum Gasteiger partial charge on any atom is -0.369 e. The molecule has 19 heavy (non-hydrogen) atoms. The average molecular weight is 267 g/mol. The molecular weight excluding hydrogens is 242 g/mol. The van der Waals surface area contributed by atoms with Gasteiger partial charge in [0.15, 0.2) is 0 Å². The summed E-state index contributed by atoms with van der Waals surface area (Å²) in [5.74, 6) is -0.502. The van der Waals surface area contributed by atoms with E-state index in [1.165, 1.54) is 0 Å². The summed E-state index contributed by atoms with van der Waals surface area (Å²) < 4.78 is 0. The van der Waals surface area contributed by atoms with Gasteiger partial charge in [0.05, 0.1) is 11.5 Å². The molecule has 0 aromatic carbocycles. The first-order chi connectivity index (χ1) is 8.94. The van der Waals surface area contributed by atoms with Crippen LogP contribution >= 0.6 is 0 Å². The monoisotopic (exact) mass is 267 g/mol. The summed E-state index contributed by atoms with van der Waals surface area (Å²) in [5.41, 5.74) is 11.0. The lowest BCUT2D eigenvalue weighted by Crippen LogP contribution is -2.60. The lowest BCUT2D eigenvalue weighted by Gasteiger charge is -2.43. The molecule has 108 valence electrons. The predicted octanol–water partition coefficient (Wildman–Crippen LogP) is 0.760. The van der Waals surface area contributed by atoms with Crippen LogP contribution in [0.2, 0.25) is 0 Å². The Hall–Kier alpha value is -1.10. The number of hydrogen-bond acceptors (Lipinski definition) is 3. The zero-order chi connectivity index (χ0) is 14.0. The second-order valence-corrected chi connectivity index (χ2v) is 6.20. The van der Waals surface area contributed by atoms with E-state index in [4.69, 9.17) is 11.5 Å². The summed E-state index contributed by atoms with van der Waals surface area (Å²) in [4.78, 5) is 25.8. The van der Waals surface area contributed by atoms with Gasteiger partial charge >= 0.3 is 0 Å². The highest BCUT2D eigenvalue weighted by atomic mass is 16.2. The number of nitrogens with two attached hydrogens (primary N) is 2. The third kappa shape index (κ3) is 2.91. The van der Waals surface area contributed by atoms with Gasteiger partial charge in [-0.05, 0) is 32.6 Å². The van der Waals surface area contributed by atoms with E-state index in [1.807, 2.05) is 6.92 Å². The number of piperidine rings is 1. The number of primary amides is 1. The molecule has 0 spiro atoms. The van der Waals surface area contributed by atoms with Crippen LogP contribution in [0.25, 0.3) is 0 Å². The highest BCUT2D eigenvalue weighted by molar-refractivity contribution is 5.87. The molecule has 0 aromatic heterocycles. The van der Waals surface area contributed by atoms with Crippen molar-refractivity contribution in [1.29, 1.82) is 0 Å². The first kappa shape index (κ1) is 14.3. The fourth-order valence-electron chi connectivity index (χ4n) is 3.30. The van der Waals surface area contributed by atoms with Crippen LogP contribution in [0.3, 0.4) is 0 Å². The number of nitrogens with zero attached hydrogens (tertiary/aromatic N) is 1. The second-order valence-electron chi connectivity index (χ2n) is 6.20. The highest BCUT2D eigenvalue weighted by Crippen LogP contribution is 2.31. The van der Waals surface area contributed by atoms with E-state index in [-0.39, 0.29) is 23.8 Å². The largest absolute Gasteiger partial charge is 0.369 e. The second kappa shape index (κ2) is 5.49. The molecule has 1 aliphatic heterocycles. The predicted molar refractivity (Wildman–Crippen MR) is 73.1 cm³/mol. The van der Waals surface area contributed by atoms with E-state index in [9.17, 15) is 9.59 Å². The SMILES string of the molecule is CC1CCC(C(N)=O)CN1C(=O)C1(N)CCCCC1. The molecule has 5 heteroatoms. The van der Waals surface area contributed by atoms with Crippen molar-refractivity contribution in [2.45, 2.75) is 63.5 Å². The minimum atomic E-state index is -0.716. The van der Waals surface area contributed by atoms with Gasteiger partial charge in [-0.25, -0.2) is 0 Å². The molecule has 0 radical (unpaired) electrons.